The van der Waals surface area contributed by atoms with Gasteiger partial charge in [-0.3, -0.25) is 4.79 Å². The van der Waals surface area contributed by atoms with Crippen LogP contribution in [0.15, 0.2) is 12.3 Å². The molecule has 1 aliphatic heterocycles. The van der Waals surface area contributed by atoms with E-state index in [4.69, 9.17) is 15.0 Å². The van der Waals surface area contributed by atoms with Gasteiger partial charge in [0.25, 0.3) is 0 Å². The van der Waals surface area contributed by atoms with Crippen LogP contribution >= 0.6 is 0 Å². The SMILES string of the molecule is Cc1nc(CC2CC(COc3cnc(C#N)c(F)c3)C2)nc2c1NC(=O)[C@H](C(C)C)N2C. The molecule has 9 heteroatoms. The Hall–Kier alpha value is -3.28. The molecule has 1 aliphatic carbocycles. The normalized spacial score (nSPS) is 22.1. The molecular weight excluding hydrogens is 411 g/mol. The number of pyridine rings is 1. The Morgan fingerprint density at radius 2 is 2.09 bits per heavy atom. The Kier molecular flexibility index (Phi) is 5.96. The van der Waals surface area contributed by atoms with E-state index in [1.807, 2.05) is 32.7 Å². The average molecular weight is 439 g/mol. The van der Waals surface area contributed by atoms with Gasteiger partial charge in [0.1, 0.15) is 29.4 Å². The lowest BCUT2D eigenvalue weighted by molar-refractivity contribution is -0.118. The van der Waals surface area contributed by atoms with Gasteiger partial charge in [-0.2, -0.15) is 5.26 Å². The van der Waals surface area contributed by atoms with Crippen molar-refractivity contribution in [3.63, 3.8) is 0 Å². The van der Waals surface area contributed by atoms with Crippen molar-refractivity contribution in [2.45, 2.75) is 46.1 Å². The van der Waals surface area contributed by atoms with Crippen molar-refractivity contribution < 1.29 is 13.9 Å². The fourth-order valence-electron chi connectivity index (χ4n) is 4.59. The number of nitrogens with one attached hydrogen (secondary N) is 1. The molecule has 0 spiro atoms. The average Bonchev–Trinajstić information content (AvgIpc) is 2.70. The second-order valence-electron chi connectivity index (χ2n) is 9.04. The number of amides is 1. The highest BCUT2D eigenvalue weighted by molar-refractivity contribution is 6.03. The number of anilines is 2. The lowest BCUT2D eigenvalue weighted by Gasteiger charge is -2.38. The number of likely N-dealkylation sites (N-methyl/N-ethyl adjacent to an activating group) is 1. The first kappa shape index (κ1) is 21.9. The van der Waals surface area contributed by atoms with Gasteiger partial charge in [-0.1, -0.05) is 13.8 Å². The van der Waals surface area contributed by atoms with Gasteiger partial charge in [0.2, 0.25) is 5.91 Å². The van der Waals surface area contributed by atoms with Crippen LogP contribution in [0.5, 0.6) is 5.75 Å². The van der Waals surface area contributed by atoms with Crippen molar-refractivity contribution in [3.8, 4) is 11.8 Å². The predicted octanol–water partition coefficient (Wildman–Crippen LogP) is 3.25. The van der Waals surface area contributed by atoms with Gasteiger partial charge < -0.3 is 15.0 Å². The van der Waals surface area contributed by atoms with Gasteiger partial charge in [-0.15, -0.1) is 0 Å². The monoisotopic (exact) mass is 438 g/mol. The van der Waals surface area contributed by atoms with E-state index < -0.39 is 5.82 Å². The number of carbonyl (C=O) groups excluding carboxylic acids is 1. The smallest absolute Gasteiger partial charge is 0.247 e. The molecule has 1 saturated carbocycles. The number of fused-ring (bicyclic) bond motifs is 1. The van der Waals surface area contributed by atoms with E-state index in [1.54, 1.807) is 6.07 Å². The molecule has 4 rings (SSSR count). The Bertz CT molecular complexity index is 1080. The number of rotatable bonds is 6. The van der Waals surface area contributed by atoms with Gasteiger partial charge in [-0.05, 0) is 37.5 Å². The first-order chi connectivity index (χ1) is 15.3. The first-order valence-corrected chi connectivity index (χ1v) is 10.9. The quantitative estimate of drug-likeness (QED) is 0.738. The van der Waals surface area contributed by atoms with Crippen LogP contribution in [-0.2, 0) is 11.2 Å². The summed E-state index contributed by atoms with van der Waals surface area (Å²) in [5.41, 5.74) is 1.24. The summed E-state index contributed by atoms with van der Waals surface area (Å²) in [6.07, 6.45) is 4.10. The van der Waals surface area contributed by atoms with E-state index in [2.05, 4.69) is 15.3 Å². The number of halogens is 1. The van der Waals surface area contributed by atoms with Crippen molar-refractivity contribution in [1.82, 2.24) is 15.0 Å². The molecule has 2 aromatic heterocycles. The highest BCUT2D eigenvalue weighted by Crippen LogP contribution is 2.38. The van der Waals surface area contributed by atoms with Crippen molar-refractivity contribution in [2.75, 3.05) is 23.9 Å². The Morgan fingerprint density at radius 3 is 2.75 bits per heavy atom. The number of aryl methyl sites for hydroxylation is 1. The van der Waals surface area contributed by atoms with Gasteiger partial charge >= 0.3 is 0 Å². The minimum atomic E-state index is -0.669. The third kappa shape index (κ3) is 4.22. The number of nitrogens with zero attached hydrogens (tertiary/aromatic N) is 5. The summed E-state index contributed by atoms with van der Waals surface area (Å²) in [5, 5.41) is 11.7. The molecule has 32 heavy (non-hydrogen) atoms. The largest absolute Gasteiger partial charge is 0.492 e. The van der Waals surface area contributed by atoms with Crippen LogP contribution in [0.4, 0.5) is 15.9 Å². The maximum atomic E-state index is 13.6. The molecule has 0 saturated heterocycles. The fraction of sp³-hybridized carbons (Fsp3) is 0.522. The topological polar surface area (TPSA) is 104 Å². The van der Waals surface area contributed by atoms with E-state index in [0.29, 0.717) is 29.9 Å². The zero-order chi connectivity index (χ0) is 23.0. The van der Waals surface area contributed by atoms with E-state index in [-0.39, 0.29) is 23.6 Å². The minimum absolute atomic E-state index is 0.0198. The molecule has 168 valence electrons. The summed E-state index contributed by atoms with van der Waals surface area (Å²) in [5.74, 6) is 2.22. The van der Waals surface area contributed by atoms with Crippen LogP contribution in [0.2, 0.25) is 0 Å². The van der Waals surface area contributed by atoms with Crippen LogP contribution in [0, 0.1) is 41.8 Å². The van der Waals surface area contributed by atoms with Gasteiger partial charge in [-0.25, -0.2) is 19.3 Å². The zero-order valence-corrected chi connectivity index (χ0v) is 18.7. The minimum Gasteiger partial charge on any atom is -0.492 e. The highest BCUT2D eigenvalue weighted by atomic mass is 19.1. The number of aromatic nitrogens is 3. The summed E-state index contributed by atoms with van der Waals surface area (Å²) in [6.45, 7) is 6.44. The summed E-state index contributed by atoms with van der Waals surface area (Å²) in [7, 11) is 1.91. The van der Waals surface area contributed by atoms with Crippen molar-refractivity contribution in [2.24, 2.45) is 17.8 Å². The molecule has 1 amide bonds. The first-order valence-electron chi connectivity index (χ1n) is 10.9. The van der Waals surface area contributed by atoms with E-state index in [1.165, 1.54) is 12.3 Å². The lowest BCUT2D eigenvalue weighted by Crippen LogP contribution is -2.49. The van der Waals surface area contributed by atoms with E-state index in [9.17, 15) is 9.18 Å². The summed E-state index contributed by atoms with van der Waals surface area (Å²) < 4.78 is 19.3. The molecule has 0 aromatic carbocycles. The number of ether oxygens (including phenoxy) is 1. The third-order valence-electron chi connectivity index (χ3n) is 6.23. The second kappa shape index (κ2) is 8.69. The molecule has 0 bridgehead atoms. The summed E-state index contributed by atoms with van der Waals surface area (Å²) in [6, 6.07) is 2.64. The molecule has 0 radical (unpaired) electrons. The van der Waals surface area contributed by atoms with Crippen LogP contribution in [0.1, 0.15) is 43.9 Å². The van der Waals surface area contributed by atoms with Crippen molar-refractivity contribution in [1.29, 1.82) is 5.26 Å². The summed E-state index contributed by atoms with van der Waals surface area (Å²) >= 11 is 0. The second-order valence-corrected chi connectivity index (χ2v) is 9.04. The molecule has 0 unspecified atom stereocenters. The zero-order valence-electron chi connectivity index (χ0n) is 18.7. The molecule has 3 heterocycles. The van der Waals surface area contributed by atoms with E-state index in [0.717, 1.165) is 36.6 Å². The maximum absolute atomic E-state index is 13.6. The molecular formula is C23H27FN6O2. The van der Waals surface area contributed by atoms with Gasteiger partial charge in [0, 0.05) is 19.5 Å². The number of hydrogen-bond donors (Lipinski definition) is 1. The van der Waals surface area contributed by atoms with Crippen LogP contribution in [0.3, 0.4) is 0 Å². The molecule has 8 nitrogen and oxygen atoms in total. The van der Waals surface area contributed by atoms with Crippen molar-refractivity contribution >= 4 is 17.4 Å². The Balaban J connectivity index is 1.35. The number of nitriles is 1. The number of hydrogen-bond acceptors (Lipinski definition) is 7. The number of carbonyl (C=O) groups is 1. The fourth-order valence-corrected chi connectivity index (χ4v) is 4.59. The molecule has 1 atom stereocenters. The van der Waals surface area contributed by atoms with Crippen LogP contribution < -0.4 is 15.0 Å². The van der Waals surface area contributed by atoms with Crippen LogP contribution in [0.25, 0.3) is 0 Å². The Labute approximate surface area is 186 Å². The van der Waals surface area contributed by atoms with E-state index >= 15 is 0 Å². The standard InChI is InChI=1S/C23H27FN6O2/c1-12(2)21-23(31)29-20-13(3)27-19(28-22(20)30(21)4)7-14-5-15(6-14)11-32-16-8-17(24)18(9-25)26-10-16/h8,10,12,14-15,21H,5-7,11H2,1-4H3,(H,29,31)/t14?,15?,21-/m0/s1. The predicted molar refractivity (Wildman–Crippen MR) is 117 cm³/mol. The molecule has 2 aromatic rings. The van der Waals surface area contributed by atoms with Crippen LogP contribution in [-0.4, -0.2) is 40.6 Å². The van der Waals surface area contributed by atoms with Crippen molar-refractivity contribution in [3.05, 3.63) is 35.3 Å². The van der Waals surface area contributed by atoms with Gasteiger partial charge in [0.15, 0.2) is 17.3 Å². The third-order valence-corrected chi connectivity index (χ3v) is 6.23. The molecule has 1 N–H and O–H groups in total. The molecule has 2 aliphatic rings. The lowest BCUT2D eigenvalue weighted by atomic mass is 9.73. The maximum Gasteiger partial charge on any atom is 0.247 e. The van der Waals surface area contributed by atoms with Gasteiger partial charge in [0.05, 0.1) is 18.5 Å². The molecule has 1 fully saturated rings. The highest BCUT2D eigenvalue weighted by Gasteiger charge is 2.36. The Morgan fingerprint density at radius 1 is 1.34 bits per heavy atom. The summed E-state index contributed by atoms with van der Waals surface area (Å²) in [4.78, 5) is 27.6.